The van der Waals surface area contributed by atoms with Crippen LogP contribution in [-0.2, 0) is 12.8 Å². The molecule has 0 heterocycles. The molecule has 106 valence electrons. The zero-order valence-electron chi connectivity index (χ0n) is 11.2. The normalized spacial score (nSPS) is 14.1. The molecule has 2 rings (SSSR count). The van der Waals surface area contributed by atoms with Crippen molar-refractivity contribution >= 4 is 15.9 Å². The summed E-state index contributed by atoms with van der Waals surface area (Å²) in [7, 11) is 0. The summed E-state index contributed by atoms with van der Waals surface area (Å²) >= 11 is 3.39. The second kappa shape index (κ2) is 6.02. The van der Waals surface area contributed by atoms with Gasteiger partial charge in [-0.15, -0.1) is 0 Å². The van der Waals surface area contributed by atoms with E-state index in [-0.39, 0.29) is 11.6 Å². The van der Waals surface area contributed by atoms with Crippen molar-refractivity contribution in [2.24, 2.45) is 5.73 Å². The molecule has 1 unspecified atom stereocenters. The van der Waals surface area contributed by atoms with E-state index in [1.807, 2.05) is 6.92 Å². The Morgan fingerprint density at radius 1 is 1.05 bits per heavy atom. The van der Waals surface area contributed by atoms with Gasteiger partial charge >= 0.3 is 0 Å². The Kier molecular flexibility index (Phi) is 4.55. The predicted octanol–water partition coefficient (Wildman–Crippen LogP) is 4.23. The first-order chi connectivity index (χ1) is 9.37. The fourth-order valence-corrected chi connectivity index (χ4v) is 2.64. The number of rotatable bonds is 4. The third-order valence-electron chi connectivity index (χ3n) is 3.15. The van der Waals surface area contributed by atoms with Crippen LogP contribution in [0.4, 0.5) is 8.78 Å². The third-order valence-corrected chi connectivity index (χ3v) is 3.93. The highest BCUT2D eigenvalue weighted by molar-refractivity contribution is 9.10. The molecule has 2 aromatic carbocycles. The van der Waals surface area contributed by atoms with Gasteiger partial charge in [0.25, 0.3) is 0 Å². The van der Waals surface area contributed by atoms with Gasteiger partial charge in [-0.1, -0.05) is 34.1 Å². The van der Waals surface area contributed by atoms with Crippen molar-refractivity contribution in [3.8, 4) is 0 Å². The average Bonchev–Trinajstić information content (AvgIpc) is 2.36. The minimum Gasteiger partial charge on any atom is -0.325 e. The average molecular weight is 340 g/mol. The lowest BCUT2D eigenvalue weighted by atomic mass is 9.87. The summed E-state index contributed by atoms with van der Waals surface area (Å²) in [6.07, 6.45) is 0.850. The van der Waals surface area contributed by atoms with Gasteiger partial charge in [-0.05, 0) is 55.2 Å². The molecule has 1 nitrogen and oxygen atoms in total. The monoisotopic (exact) mass is 339 g/mol. The number of nitrogens with two attached hydrogens (primary N) is 1. The van der Waals surface area contributed by atoms with Crippen LogP contribution in [0, 0.1) is 11.6 Å². The van der Waals surface area contributed by atoms with Crippen molar-refractivity contribution in [2.75, 3.05) is 0 Å². The first-order valence-corrected chi connectivity index (χ1v) is 7.13. The van der Waals surface area contributed by atoms with E-state index in [9.17, 15) is 8.78 Å². The van der Waals surface area contributed by atoms with E-state index >= 15 is 0 Å². The summed E-state index contributed by atoms with van der Waals surface area (Å²) in [5, 5.41) is 0. The Labute approximate surface area is 125 Å². The minimum absolute atomic E-state index is 0.262. The Morgan fingerprint density at radius 2 is 1.70 bits per heavy atom. The lowest BCUT2D eigenvalue weighted by Crippen LogP contribution is -2.41. The van der Waals surface area contributed by atoms with E-state index in [0.29, 0.717) is 18.4 Å². The number of hydrogen-bond donors (Lipinski definition) is 1. The smallest absolute Gasteiger partial charge is 0.126 e. The lowest BCUT2D eigenvalue weighted by Gasteiger charge is -2.25. The van der Waals surface area contributed by atoms with Crippen LogP contribution in [0.1, 0.15) is 18.1 Å². The summed E-state index contributed by atoms with van der Waals surface area (Å²) < 4.78 is 27.8. The molecule has 0 radical (unpaired) electrons. The molecular formula is C16H16BrF2N. The molecule has 0 aromatic heterocycles. The maximum atomic E-state index is 13.7. The molecule has 20 heavy (non-hydrogen) atoms. The summed E-state index contributed by atoms with van der Waals surface area (Å²) in [6.45, 7) is 1.84. The molecule has 0 bridgehead atoms. The minimum atomic E-state index is -0.654. The van der Waals surface area contributed by atoms with Gasteiger partial charge in [0.05, 0.1) is 0 Å². The second-order valence-corrected chi connectivity index (χ2v) is 6.19. The number of benzene rings is 2. The quantitative estimate of drug-likeness (QED) is 0.886. The molecule has 0 saturated heterocycles. The highest BCUT2D eigenvalue weighted by Crippen LogP contribution is 2.24. The summed E-state index contributed by atoms with van der Waals surface area (Å²) in [6, 6.07) is 11.1. The predicted molar refractivity (Wildman–Crippen MR) is 80.5 cm³/mol. The van der Waals surface area contributed by atoms with Crippen LogP contribution in [0.2, 0.25) is 0 Å². The summed E-state index contributed by atoms with van der Waals surface area (Å²) in [5.41, 5.74) is 6.96. The molecular weight excluding hydrogens is 324 g/mol. The van der Waals surface area contributed by atoms with Crippen LogP contribution in [0.5, 0.6) is 0 Å². The van der Waals surface area contributed by atoms with Crippen molar-refractivity contribution in [3.63, 3.8) is 0 Å². The first-order valence-electron chi connectivity index (χ1n) is 6.34. The highest BCUT2D eigenvalue weighted by Gasteiger charge is 2.22. The fourth-order valence-electron chi connectivity index (χ4n) is 2.25. The maximum absolute atomic E-state index is 13.7. The van der Waals surface area contributed by atoms with E-state index in [0.717, 1.165) is 10.0 Å². The topological polar surface area (TPSA) is 26.0 Å². The van der Waals surface area contributed by atoms with E-state index < -0.39 is 5.54 Å². The Hall–Kier alpha value is -1.26. The SMILES string of the molecule is CC(N)(Cc1ccccc1F)Cc1cc(F)ccc1Br. The highest BCUT2D eigenvalue weighted by atomic mass is 79.9. The molecule has 0 aliphatic heterocycles. The standard InChI is InChI=1S/C16H16BrF2N/c1-16(20,9-11-4-2-3-5-15(11)19)10-12-8-13(18)6-7-14(12)17/h2-8H,9-10,20H2,1H3. The lowest BCUT2D eigenvalue weighted by molar-refractivity contribution is 0.449. The van der Waals surface area contributed by atoms with Gasteiger partial charge in [-0.2, -0.15) is 0 Å². The van der Waals surface area contributed by atoms with E-state index in [4.69, 9.17) is 5.73 Å². The van der Waals surface area contributed by atoms with Crippen LogP contribution in [-0.4, -0.2) is 5.54 Å². The van der Waals surface area contributed by atoms with Gasteiger partial charge in [-0.25, -0.2) is 8.78 Å². The van der Waals surface area contributed by atoms with Crippen molar-refractivity contribution in [2.45, 2.75) is 25.3 Å². The number of halogens is 3. The van der Waals surface area contributed by atoms with Crippen LogP contribution in [0.15, 0.2) is 46.9 Å². The zero-order valence-corrected chi connectivity index (χ0v) is 12.8. The Morgan fingerprint density at radius 3 is 2.40 bits per heavy atom. The molecule has 1 atom stereocenters. The van der Waals surface area contributed by atoms with Gasteiger partial charge in [0.2, 0.25) is 0 Å². The molecule has 0 aliphatic rings. The molecule has 0 aliphatic carbocycles. The van der Waals surface area contributed by atoms with E-state index in [1.165, 1.54) is 18.2 Å². The van der Waals surface area contributed by atoms with Gasteiger partial charge in [0, 0.05) is 10.0 Å². The van der Waals surface area contributed by atoms with Gasteiger partial charge in [-0.3, -0.25) is 0 Å². The fraction of sp³-hybridized carbons (Fsp3) is 0.250. The Balaban J connectivity index is 2.19. The molecule has 4 heteroatoms. The summed E-state index contributed by atoms with van der Waals surface area (Å²) in [4.78, 5) is 0. The molecule has 2 aromatic rings. The second-order valence-electron chi connectivity index (χ2n) is 5.33. The largest absolute Gasteiger partial charge is 0.325 e. The molecule has 2 N–H and O–H groups in total. The molecule has 0 fully saturated rings. The Bertz CT molecular complexity index is 611. The van der Waals surface area contributed by atoms with Crippen molar-refractivity contribution < 1.29 is 8.78 Å². The molecule has 0 spiro atoms. The third kappa shape index (κ3) is 3.87. The van der Waals surface area contributed by atoms with Gasteiger partial charge in [0.1, 0.15) is 11.6 Å². The van der Waals surface area contributed by atoms with Crippen molar-refractivity contribution in [3.05, 3.63) is 69.7 Å². The van der Waals surface area contributed by atoms with Gasteiger partial charge in [0.15, 0.2) is 0 Å². The van der Waals surface area contributed by atoms with Crippen LogP contribution in [0.3, 0.4) is 0 Å². The van der Waals surface area contributed by atoms with Crippen molar-refractivity contribution in [1.82, 2.24) is 0 Å². The maximum Gasteiger partial charge on any atom is 0.126 e. The molecule has 0 amide bonds. The van der Waals surface area contributed by atoms with E-state index in [2.05, 4.69) is 15.9 Å². The van der Waals surface area contributed by atoms with Crippen LogP contribution < -0.4 is 5.73 Å². The summed E-state index contributed by atoms with van der Waals surface area (Å²) in [5.74, 6) is -0.563. The van der Waals surface area contributed by atoms with Crippen molar-refractivity contribution in [1.29, 1.82) is 0 Å². The zero-order chi connectivity index (χ0) is 14.8. The van der Waals surface area contributed by atoms with E-state index in [1.54, 1.807) is 24.3 Å². The van der Waals surface area contributed by atoms with Crippen LogP contribution in [0.25, 0.3) is 0 Å². The van der Waals surface area contributed by atoms with Crippen LogP contribution >= 0.6 is 15.9 Å². The van der Waals surface area contributed by atoms with Gasteiger partial charge < -0.3 is 5.73 Å². The molecule has 0 saturated carbocycles. The first kappa shape index (κ1) is 15.1. The number of hydrogen-bond acceptors (Lipinski definition) is 1.